The molecule has 0 fully saturated rings. The first-order valence-corrected chi connectivity index (χ1v) is 6.93. The van der Waals surface area contributed by atoms with Crippen LogP contribution in [0.2, 0.25) is 10.0 Å². The van der Waals surface area contributed by atoms with Crippen molar-refractivity contribution in [3.63, 3.8) is 0 Å². The number of rotatable bonds is 2. The van der Waals surface area contributed by atoms with E-state index in [1.54, 1.807) is 24.3 Å². The van der Waals surface area contributed by atoms with Crippen LogP contribution in [0.4, 0.5) is 0 Å². The molecule has 0 bridgehead atoms. The number of Topliss-reactive ketones (excluding diaryl/α,β-unsaturated/α-hetero) is 1. The minimum Gasteiger partial charge on any atom is -0.324 e. The molecule has 2 aromatic carbocycles. The summed E-state index contributed by atoms with van der Waals surface area (Å²) in [6.07, 6.45) is 0. The lowest BCUT2D eigenvalue weighted by molar-refractivity contribution is 0.101. The van der Waals surface area contributed by atoms with Crippen LogP contribution in [0, 0.1) is 0 Å². The Labute approximate surface area is 129 Å². The van der Waals surface area contributed by atoms with E-state index in [9.17, 15) is 4.79 Å². The molecular formula is C16H17Cl2NO. The van der Waals surface area contributed by atoms with Crippen molar-refractivity contribution in [2.24, 2.45) is 5.73 Å². The topological polar surface area (TPSA) is 43.1 Å². The summed E-state index contributed by atoms with van der Waals surface area (Å²) in [4.78, 5) is 10.7. The molecule has 2 rings (SSSR count). The molecule has 106 valence electrons. The largest absolute Gasteiger partial charge is 0.324 e. The van der Waals surface area contributed by atoms with E-state index in [0.29, 0.717) is 10.6 Å². The first kappa shape index (κ1) is 16.7. The van der Waals surface area contributed by atoms with Crippen LogP contribution in [0.5, 0.6) is 0 Å². The highest BCUT2D eigenvalue weighted by atomic mass is 35.5. The van der Waals surface area contributed by atoms with Crippen molar-refractivity contribution in [1.29, 1.82) is 0 Å². The highest BCUT2D eigenvalue weighted by Crippen LogP contribution is 2.13. The monoisotopic (exact) mass is 309 g/mol. The van der Waals surface area contributed by atoms with Crippen molar-refractivity contribution in [3.05, 3.63) is 69.7 Å². The Bertz CT molecular complexity index is 548. The van der Waals surface area contributed by atoms with E-state index in [0.717, 1.165) is 10.6 Å². The summed E-state index contributed by atoms with van der Waals surface area (Å²) in [7, 11) is 0. The van der Waals surface area contributed by atoms with E-state index in [-0.39, 0.29) is 11.8 Å². The molecule has 2 N–H and O–H groups in total. The average Bonchev–Trinajstić information content (AvgIpc) is 2.40. The quantitative estimate of drug-likeness (QED) is 0.801. The number of halogens is 2. The van der Waals surface area contributed by atoms with Crippen molar-refractivity contribution in [2.75, 3.05) is 0 Å². The van der Waals surface area contributed by atoms with Gasteiger partial charge in [-0.1, -0.05) is 35.3 Å². The van der Waals surface area contributed by atoms with Gasteiger partial charge >= 0.3 is 0 Å². The lowest BCUT2D eigenvalue weighted by Crippen LogP contribution is -2.03. The number of hydrogen-bond donors (Lipinski definition) is 1. The molecular weight excluding hydrogens is 293 g/mol. The van der Waals surface area contributed by atoms with Gasteiger partial charge in [-0.15, -0.1) is 0 Å². The van der Waals surface area contributed by atoms with Crippen LogP contribution in [-0.2, 0) is 0 Å². The Morgan fingerprint density at radius 2 is 1.35 bits per heavy atom. The molecule has 0 amide bonds. The van der Waals surface area contributed by atoms with Gasteiger partial charge < -0.3 is 5.73 Å². The molecule has 2 nitrogen and oxygen atoms in total. The SMILES string of the molecule is CC(=O)c1ccc(Cl)cc1.C[C@@H](N)c1ccc(Cl)cc1. The number of carbonyl (C=O) groups is 1. The minimum absolute atomic E-state index is 0.0664. The third kappa shape index (κ3) is 5.74. The van der Waals surface area contributed by atoms with E-state index in [2.05, 4.69) is 0 Å². The van der Waals surface area contributed by atoms with Crippen LogP contribution in [0.1, 0.15) is 35.8 Å². The smallest absolute Gasteiger partial charge is 0.159 e. The van der Waals surface area contributed by atoms with Crippen LogP contribution < -0.4 is 5.73 Å². The summed E-state index contributed by atoms with van der Waals surface area (Å²) in [6.45, 7) is 3.48. The first-order chi connectivity index (χ1) is 9.40. The zero-order valence-electron chi connectivity index (χ0n) is 11.4. The Morgan fingerprint density at radius 1 is 0.950 bits per heavy atom. The van der Waals surface area contributed by atoms with Crippen molar-refractivity contribution in [3.8, 4) is 0 Å². The first-order valence-electron chi connectivity index (χ1n) is 6.17. The number of ketones is 1. The minimum atomic E-state index is 0.0664. The number of benzene rings is 2. The maximum absolute atomic E-state index is 10.7. The van der Waals surface area contributed by atoms with Crippen LogP contribution in [0.3, 0.4) is 0 Å². The Balaban J connectivity index is 0.000000200. The molecule has 0 spiro atoms. The highest BCUT2D eigenvalue weighted by Gasteiger charge is 1.96. The van der Waals surface area contributed by atoms with Crippen molar-refractivity contribution in [2.45, 2.75) is 19.9 Å². The molecule has 0 heterocycles. The third-order valence-electron chi connectivity index (χ3n) is 2.65. The zero-order valence-corrected chi connectivity index (χ0v) is 12.9. The van der Waals surface area contributed by atoms with Gasteiger partial charge in [0.05, 0.1) is 0 Å². The van der Waals surface area contributed by atoms with E-state index < -0.39 is 0 Å². The van der Waals surface area contributed by atoms with Crippen LogP contribution in [0.25, 0.3) is 0 Å². The maximum atomic E-state index is 10.7. The molecule has 2 aromatic rings. The van der Waals surface area contributed by atoms with Gasteiger partial charge in [-0.2, -0.15) is 0 Å². The molecule has 0 aliphatic rings. The lowest BCUT2D eigenvalue weighted by Gasteiger charge is -2.03. The van der Waals surface area contributed by atoms with Gasteiger partial charge in [0.15, 0.2) is 5.78 Å². The second kappa shape index (κ2) is 8.05. The number of nitrogens with two attached hydrogens (primary N) is 1. The second-order valence-electron chi connectivity index (χ2n) is 4.40. The number of carbonyl (C=O) groups excluding carboxylic acids is 1. The van der Waals surface area contributed by atoms with Crippen molar-refractivity contribution < 1.29 is 4.79 Å². The molecule has 0 saturated heterocycles. The maximum Gasteiger partial charge on any atom is 0.159 e. The van der Waals surface area contributed by atoms with E-state index >= 15 is 0 Å². The lowest BCUT2D eigenvalue weighted by atomic mass is 10.1. The Morgan fingerprint density at radius 3 is 1.70 bits per heavy atom. The molecule has 4 heteroatoms. The standard InChI is InChI=1S/C8H10ClN.C8H7ClO/c2*1-6(10)7-2-4-8(9)5-3-7/h2-6H,10H2,1H3;2-5H,1H3/t6-;/m1./s1. The van der Waals surface area contributed by atoms with Gasteiger partial charge in [-0.05, 0) is 55.8 Å². The fourth-order valence-corrected chi connectivity index (χ4v) is 1.70. The summed E-state index contributed by atoms with van der Waals surface area (Å²) in [5, 5.41) is 1.41. The second-order valence-corrected chi connectivity index (χ2v) is 5.28. The Kier molecular flexibility index (Phi) is 6.73. The van der Waals surface area contributed by atoms with Gasteiger partial charge in [0, 0.05) is 21.7 Å². The predicted molar refractivity (Wildman–Crippen MR) is 85.5 cm³/mol. The molecule has 0 unspecified atom stereocenters. The molecule has 0 aliphatic carbocycles. The van der Waals surface area contributed by atoms with Crippen molar-refractivity contribution >= 4 is 29.0 Å². The van der Waals surface area contributed by atoms with Gasteiger partial charge in [0.1, 0.15) is 0 Å². The summed E-state index contributed by atoms with van der Waals surface area (Å²) < 4.78 is 0. The summed E-state index contributed by atoms with van der Waals surface area (Å²) >= 11 is 11.3. The average molecular weight is 310 g/mol. The van der Waals surface area contributed by atoms with Gasteiger partial charge in [-0.3, -0.25) is 4.79 Å². The number of hydrogen-bond acceptors (Lipinski definition) is 2. The predicted octanol–water partition coefficient (Wildman–Crippen LogP) is 4.90. The van der Waals surface area contributed by atoms with Gasteiger partial charge in [-0.25, -0.2) is 0 Å². The van der Waals surface area contributed by atoms with Gasteiger partial charge in [0.2, 0.25) is 0 Å². The van der Waals surface area contributed by atoms with Crippen LogP contribution >= 0.6 is 23.2 Å². The molecule has 0 aromatic heterocycles. The van der Waals surface area contributed by atoms with Crippen LogP contribution in [0.15, 0.2) is 48.5 Å². The normalized spacial score (nSPS) is 11.2. The summed E-state index contributed by atoms with van der Waals surface area (Å²) in [6, 6.07) is 14.5. The zero-order chi connectivity index (χ0) is 15.1. The van der Waals surface area contributed by atoms with E-state index in [1.165, 1.54) is 6.92 Å². The summed E-state index contributed by atoms with van der Waals surface area (Å²) in [5.41, 5.74) is 7.43. The fraction of sp³-hybridized carbons (Fsp3) is 0.188. The molecule has 0 radical (unpaired) electrons. The summed E-state index contributed by atoms with van der Waals surface area (Å²) in [5.74, 6) is 0.0664. The molecule has 0 aliphatic heterocycles. The molecule has 0 saturated carbocycles. The third-order valence-corrected chi connectivity index (χ3v) is 3.15. The Hall–Kier alpha value is -1.35. The molecule has 1 atom stereocenters. The van der Waals surface area contributed by atoms with Crippen molar-refractivity contribution in [1.82, 2.24) is 0 Å². The van der Waals surface area contributed by atoms with E-state index in [1.807, 2.05) is 31.2 Å². The molecule has 20 heavy (non-hydrogen) atoms. The highest BCUT2D eigenvalue weighted by molar-refractivity contribution is 6.30. The van der Waals surface area contributed by atoms with Gasteiger partial charge in [0.25, 0.3) is 0 Å². The van der Waals surface area contributed by atoms with Crippen LogP contribution in [-0.4, -0.2) is 5.78 Å². The fourth-order valence-electron chi connectivity index (χ4n) is 1.45. The van der Waals surface area contributed by atoms with E-state index in [4.69, 9.17) is 28.9 Å².